The van der Waals surface area contributed by atoms with E-state index < -0.39 is 9.84 Å². The van der Waals surface area contributed by atoms with Crippen LogP contribution in [0.4, 0.5) is 0 Å². The van der Waals surface area contributed by atoms with Crippen LogP contribution < -0.4 is 5.32 Å². The fourth-order valence-electron chi connectivity index (χ4n) is 2.91. The van der Waals surface area contributed by atoms with Crippen molar-refractivity contribution in [3.8, 4) is 0 Å². The molecule has 2 aliphatic rings. The summed E-state index contributed by atoms with van der Waals surface area (Å²) in [5.74, 6) is 1.57. The van der Waals surface area contributed by atoms with E-state index >= 15 is 0 Å². The molecular weight excluding hydrogens is 294 g/mol. The highest BCUT2D eigenvalue weighted by Crippen LogP contribution is 2.44. The zero-order chi connectivity index (χ0) is 14.3. The summed E-state index contributed by atoms with van der Waals surface area (Å²) in [7, 11) is -3.24. The maximum atomic E-state index is 11.9. The van der Waals surface area contributed by atoms with Crippen molar-refractivity contribution in [1.29, 1.82) is 0 Å². The van der Waals surface area contributed by atoms with Gasteiger partial charge in [0, 0.05) is 29.4 Å². The van der Waals surface area contributed by atoms with Crippen LogP contribution in [-0.4, -0.2) is 20.7 Å². The maximum Gasteiger partial charge on any atom is 0.175 e. The van der Waals surface area contributed by atoms with Crippen molar-refractivity contribution < 1.29 is 8.42 Å². The highest BCUT2D eigenvalue weighted by Gasteiger charge is 2.41. The summed E-state index contributed by atoms with van der Waals surface area (Å²) in [6.07, 6.45) is 6.44. The molecule has 0 spiro atoms. The Morgan fingerprint density at radius 1 is 1.25 bits per heavy atom. The van der Waals surface area contributed by atoms with Crippen molar-refractivity contribution >= 4 is 21.4 Å². The summed E-state index contributed by atoms with van der Waals surface area (Å²) >= 11 is 6.20. The quantitative estimate of drug-likeness (QED) is 0.878. The van der Waals surface area contributed by atoms with E-state index in [1.54, 1.807) is 18.2 Å². The van der Waals surface area contributed by atoms with Gasteiger partial charge in [0.1, 0.15) is 0 Å². The van der Waals surface area contributed by atoms with E-state index in [1.807, 2.05) is 0 Å². The van der Waals surface area contributed by atoms with E-state index in [2.05, 4.69) is 5.32 Å². The van der Waals surface area contributed by atoms with Gasteiger partial charge in [-0.05, 0) is 49.7 Å². The first-order valence-electron chi connectivity index (χ1n) is 7.17. The minimum Gasteiger partial charge on any atom is -0.309 e. The number of hydrogen-bond donors (Lipinski definition) is 1. The molecule has 1 aromatic carbocycles. The van der Waals surface area contributed by atoms with Gasteiger partial charge in [-0.2, -0.15) is 0 Å². The van der Waals surface area contributed by atoms with Gasteiger partial charge >= 0.3 is 0 Å². The van der Waals surface area contributed by atoms with Gasteiger partial charge in [0.05, 0.1) is 4.90 Å². The molecule has 2 saturated carbocycles. The lowest BCUT2D eigenvalue weighted by atomic mass is 10.1. The van der Waals surface area contributed by atoms with E-state index in [1.165, 1.54) is 31.9 Å². The normalized spacial score (nSPS) is 19.6. The molecule has 2 fully saturated rings. The molecule has 0 unspecified atom stereocenters. The molecule has 0 amide bonds. The molecule has 20 heavy (non-hydrogen) atoms. The summed E-state index contributed by atoms with van der Waals surface area (Å²) in [5, 5.41) is 4.10. The van der Waals surface area contributed by atoms with Crippen LogP contribution >= 0.6 is 11.6 Å². The molecule has 0 radical (unpaired) electrons. The first kappa shape index (κ1) is 14.4. The van der Waals surface area contributed by atoms with E-state index in [0.717, 1.165) is 11.8 Å². The second kappa shape index (κ2) is 5.32. The van der Waals surface area contributed by atoms with Crippen LogP contribution in [0.5, 0.6) is 0 Å². The Morgan fingerprint density at radius 2 is 1.85 bits per heavy atom. The second-order valence-electron chi connectivity index (χ2n) is 6.07. The first-order valence-corrected chi connectivity index (χ1v) is 9.44. The van der Waals surface area contributed by atoms with Crippen molar-refractivity contribution in [1.82, 2.24) is 5.32 Å². The van der Waals surface area contributed by atoms with E-state index in [9.17, 15) is 8.42 Å². The number of halogens is 1. The number of hydrogen-bond acceptors (Lipinski definition) is 3. The van der Waals surface area contributed by atoms with Crippen LogP contribution in [0, 0.1) is 11.8 Å². The van der Waals surface area contributed by atoms with Crippen molar-refractivity contribution in [3.63, 3.8) is 0 Å². The minimum absolute atomic E-state index is 0.350. The van der Waals surface area contributed by atoms with Crippen molar-refractivity contribution in [2.45, 2.75) is 43.2 Å². The van der Waals surface area contributed by atoms with Crippen LogP contribution in [0.25, 0.3) is 0 Å². The van der Waals surface area contributed by atoms with Gasteiger partial charge in [0.25, 0.3) is 0 Å². The third-order valence-corrected chi connectivity index (χ3v) is 5.79. The SMILES string of the molecule is CS(=O)(=O)c1cccc(Cl)c1CNC(C1CC1)C1CC1. The number of rotatable bonds is 6. The zero-order valence-corrected chi connectivity index (χ0v) is 13.2. The Bertz CT molecular complexity index is 594. The molecule has 1 aromatic rings. The van der Waals surface area contributed by atoms with Crippen LogP contribution in [0.15, 0.2) is 23.1 Å². The van der Waals surface area contributed by atoms with Crippen LogP contribution in [0.1, 0.15) is 31.2 Å². The van der Waals surface area contributed by atoms with Gasteiger partial charge in [-0.25, -0.2) is 8.42 Å². The molecule has 2 aliphatic carbocycles. The van der Waals surface area contributed by atoms with E-state index in [-0.39, 0.29) is 0 Å². The van der Waals surface area contributed by atoms with Gasteiger partial charge in [-0.1, -0.05) is 17.7 Å². The first-order chi connectivity index (χ1) is 9.47. The second-order valence-corrected chi connectivity index (χ2v) is 8.46. The van der Waals surface area contributed by atoms with Gasteiger partial charge in [0.2, 0.25) is 0 Å². The fraction of sp³-hybridized carbons (Fsp3) is 0.600. The standard InChI is InChI=1S/C15H20ClNO2S/c1-20(18,19)14-4-2-3-13(16)12(14)9-17-15(10-5-6-10)11-7-8-11/h2-4,10-11,15,17H,5-9H2,1H3. The molecule has 5 heteroatoms. The Hall–Kier alpha value is -0.580. The molecule has 1 N–H and O–H groups in total. The van der Waals surface area contributed by atoms with Gasteiger partial charge in [-0.3, -0.25) is 0 Å². The summed E-state index contributed by atoms with van der Waals surface area (Å²) in [4.78, 5) is 0.350. The molecule has 0 aromatic heterocycles. The monoisotopic (exact) mass is 313 g/mol. The average molecular weight is 314 g/mol. The molecule has 3 rings (SSSR count). The predicted molar refractivity (Wildman–Crippen MR) is 80.6 cm³/mol. The van der Waals surface area contributed by atoms with E-state index in [0.29, 0.717) is 28.1 Å². The van der Waals surface area contributed by atoms with Gasteiger partial charge < -0.3 is 5.32 Å². The summed E-state index contributed by atoms with van der Waals surface area (Å²) < 4.78 is 23.7. The molecule has 110 valence electrons. The predicted octanol–water partition coefficient (Wildman–Crippen LogP) is 3.02. The average Bonchev–Trinajstić information content (AvgIpc) is 3.24. The molecule has 0 heterocycles. The number of sulfone groups is 1. The Labute approximate surface area is 125 Å². The molecule has 0 saturated heterocycles. The van der Waals surface area contributed by atoms with Crippen molar-refractivity contribution in [2.75, 3.05) is 6.26 Å². The molecular formula is C15H20ClNO2S. The lowest BCUT2D eigenvalue weighted by molar-refractivity contribution is 0.414. The Morgan fingerprint density at radius 3 is 2.35 bits per heavy atom. The van der Waals surface area contributed by atoms with Gasteiger partial charge in [0.15, 0.2) is 9.84 Å². The fourth-order valence-corrected chi connectivity index (χ4v) is 4.16. The minimum atomic E-state index is -3.24. The topological polar surface area (TPSA) is 46.2 Å². The van der Waals surface area contributed by atoms with Crippen LogP contribution in [0.2, 0.25) is 5.02 Å². The maximum absolute atomic E-state index is 11.9. The molecule has 0 atom stereocenters. The summed E-state index contributed by atoms with van der Waals surface area (Å²) in [6.45, 7) is 0.541. The zero-order valence-electron chi connectivity index (χ0n) is 11.6. The Kier molecular flexibility index (Phi) is 3.82. The summed E-state index contributed by atoms with van der Waals surface area (Å²) in [5.41, 5.74) is 0.711. The highest BCUT2D eigenvalue weighted by molar-refractivity contribution is 7.90. The smallest absolute Gasteiger partial charge is 0.175 e. The molecule has 0 bridgehead atoms. The lowest BCUT2D eigenvalue weighted by Crippen LogP contribution is -2.33. The largest absolute Gasteiger partial charge is 0.309 e. The van der Waals surface area contributed by atoms with Crippen molar-refractivity contribution in [3.05, 3.63) is 28.8 Å². The third kappa shape index (κ3) is 3.18. The number of benzene rings is 1. The van der Waals surface area contributed by atoms with E-state index in [4.69, 9.17) is 11.6 Å². The molecule has 3 nitrogen and oxygen atoms in total. The Balaban J connectivity index is 1.79. The van der Waals surface area contributed by atoms with Crippen LogP contribution in [0.3, 0.4) is 0 Å². The van der Waals surface area contributed by atoms with Gasteiger partial charge in [-0.15, -0.1) is 0 Å². The molecule has 0 aliphatic heterocycles. The van der Waals surface area contributed by atoms with Crippen LogP contribution in [-0.2, 0) is 16.4 Å². The lowest BCUT2D eigenvalue weighted by Gasteiger charge is -2.19. The summed E-state index contributed by atoms with van der Waals surface area (Å²) in [6, 6.07) is 5.64. The van der Waals surface area contributed by atoms with Crippen molar-refractivity contribution in [2.24, 2.45) is 11.8 Å². The number of nitrogens with one attached hydrogen (secondary N) is 1. The highest BCUT2D eigenvalue weighted by atomic mass is 35.5. The third-order valence-electron chi connectivity index (χ3n) is 4.25.